The van der Waals surface area contributed by atoms with Gasteiger partial charge in [0.05, 0.1) is 27.9 Å². The van der Waals surface area contributed by atoms with Gasteiger partial charge < -0.3 is 25.1 Å². The molecule has 3 aromatic carbocycles. The van der Waals surface area contributed by atoms with Crippen molar-refractivity contribution in [1.82, 2.24) is 19.9 Å². The molecule has 0 aliphatic carbocycles. The Balaban J connectivity index is 1.24. The van der Waals surface area contributed by atoms with Gasteiger partial charge in [0.1, 0.15) is 17.2 Å². The fraction of sp³-hybridized carbons (Fsp3) is 0.333. The predicted octanol–water partition coefficient (Wildman–Crippen LogP) is 6.01. The summed E-state index contributed by atoms with van der Waals surface area (Å²) in [5, 5.41) is 4.69. The third-order valence-electron chi connectivity index (χ3n) is 9.27. The van der Waals surface area contributed by atoms with Crippen molar-refractivity contribution in [2.24, 2.45) is 5.92 Å². The molecular weight excluding hydrogens is 547 g/mol. The molecule has 9 rings (SSSR count). The lowest BCUT2D eigenvalue weighted by Crippen LogP contribution is -2.53. The van der Waals surface area contributed by atoms with Gasteiger partial charge in [-0.05, 0) is 61.7 Å². The third-order valence-corrected chi connectivity index (χ3v) is 10.5. The highest BCUT2D eigenvalue weighted by Crippen LogP contribution is 2.40. The van der Waals surface area contributed by atoms with E-state index >= 15 is 4.39 Å². The molecule has 4 saturated heterocycles. The van der Waals surface area contributed by atoms with E-state index in [-0.39, 0.29) is 22.7 Å². The summed E-state index contributed by atoms with van der Waals surface area (Å²) in [6.45, 7) is 4.62. The second-order valence-corrected chi connectivity index (χ2v) is 13.1. The number of nitrogens with one attached hydrogen (secondary N) is 3. The van der Waals surface area contributed by atoms with Gasteiger partial charge in [0.2, 0.25) is 0 Å². The normalized spacial score (nSPS) is 24.0. The van der Waals surface area contributed by atoms with Gasteiger partial charge in [0, 0.05) is 42.1 Å². The Morgan fingerprint density at radius 3 is 2.52 bits per heavy atom. The van der Waals surface area contributed by atoms with Crippen LogP contribution < -0.4 is 15.8 Å². The lowest BCUT2D eigenvalue weighted by atomic mass is 9.83. The number of pyridine rings is 1. The molecule has 6 heterocycles. The number of hydrogen-bond donors (Lipinski definition) is 3. The molecule has 0 radical (unpaired) electrons. The lowest BCUT2D eigenvalue weighted by molar-refractivity contribution is 0.0976. The molecule has 0 saturated carbocycles. The number of rotatable bonds is 5. The fourth-order valence-corrected chi connectivity index (χ4v) is 8.29. The van der Waals surface area contributed by atoms with Gasteiger partial charge in [-0.15, -0.1) is 0 Å². The second kappa shape index (κ2) is 10.5. The maximum absolute atomic E-state index is 16.1. The Bertz CT molecular complexity index is 1800. The monoisotopic (exact) mass is 580 g/mol. The Morgan fingerprint density at radius 2 is 1.74 bits per heavy atom. The molecule has 9 heteroatoms. The van der Waals surface area contributed by atoms with Crippen molar-refractivity contribution in [3.63, 3.8) is 0 Å². The van der Waals surface area contributed by atoms with E-state index in [9.17, 15) is 4.79 Å². The lowest BCUT2D eigenvalue weighted by Gasteiger charge is -2.45. The quantitative estimate of drug-likeness (QED) is 0.236. The maximum atomic E-state index is 16.1. The van der Waals surface area contributed by atoms with Gasteiger partial charge in [-0.3, -0.25) is 4.79 Å². The SMILES string of the molecule is O=c1[nH]c2cc(N3CCSC(c4ccccc4)C3)c(F)cc2c(N[C@H]2CN3CCC2CC3)c1-c1nc2ccccc2[nH]1. The van der Waals surface area contributed by atoms with Crippen LogP contribution >= 0.6 is 11.8 Å². The molecule has 2 aromatic heterocycles. The first kappa shape index (κ1) is 25.9. The predicted molar refractivity (Wildman–Crippen MR) is 170 cm³/mol. The molecule has 4 aliphatic rings. The van der Waals surface area contributed by atoms with E-state index in [2.05, 4.69) is 49.4 Å². The summed E-state index contributed by atoms with van der Waals surface area (Å²) < 4.78 is 16.1. The van der Waals surface area contributed by atoms with Crippen LogP contribution in [-0.2, 0) is 0 Å². The molecule has 4 aliphatic heterocycles. The summed E-state index contributed by atoms with van der Waals surface area (Å²) in [5.41, 5.74) is 4.92. The first-order chi connectivity index (χ1) is 20.6. The van der Waals surface area contributed by atoms with E-state index < -0.39 is 0 Å². The van der Waals surface area contributed by atoms with E-state index in [1.54, 1.807) is 6.07 Å². The summed E-state index contributed by atoms with van der Waals surface area (Å²) in [6.07, 6.45) is 2.26. The number of benzene rings is 3. The van der Waals surface area contributed by atoms with Crippen molar-refractivity contribution in [2.45, 2.75) is 24.1 Å². The Kier molecular flexibility index (Phi) is 6.45. The molecule has 7 nitrogen and oxygen atoms in total. The van der Waals surface area contributed by atoms with Crippen LogP contribution in [0.1, 0.15) is 23.7 Å². The number of hydrogen-bond acceptors (Lipinski definition) is 6. The molecule has 0 spiro atoms. The van der Waals surface area contributed by atoms with Crippen LogP contribution in [0, 0.1) is 11.7 Å². The van der Waals surface area contributed by atoms with E-state index in [0.29, 0.717) is 46.1 Å². The number of halogens is 1. The summed E-state index contributed by atoms with van der Waals surface area (Å²) in [7, 11) is 0. The van der Waals surface area contributed by atoms with Crippen molar-refractivity contribution < 1.29 is 4.39 Å². The zero-order valence-electron chi connectivity index (χ0n) is 23.3. The van der Waals surface area contributed by atoms with E-state index in [1.165, 1.54) is 5.56 Å². The van der Waals surface area contributed by atoms with Crippen molar-refractivity contribution >= 4 is 45.1 Å². The number of piperidine rings is 3. The maximum Gasteiger partial charge on any atom is 0.261 e. The number of anilines is 2. The van der Waals surface area contributed by atoms with Gasteiger partial charge in [-0.2, -0.15) is 11.8 Å². The fourth-order valence-electron chi connectivity index (χ4n) is 7.05. The number of imidazole rings is 1. The number of fused-ring (bicyclic) bond motifs is 5. The number of H-pyrrole nitrogens is 2. The zero-order valence-corrected chi connectivity index (χ0v) is 24.1. The molecule has 42 heavy (non-hydrogen) atoms. The van der Waals surface area contributed by atoms with Crippen molar-refractivity contribution in [1.29, 1.82) is 0 Å². The molecule has 214 valence electrons. The highest BCUT2D eigenvalue weighted by atomic mass is 32.2. The van der Waals surface area contributed by atoms with Crippen molar-refractivity contribution in [3.05, 3.63) is 88.5 Å². The Morgan fingerprint density at radius 1 is 0.929 bits per heavy atom. The smallest absolute Gasteiger partial charge is 0.261 e. The van der Waals surface area contributed by atoms with Crippen LogP contribution in [0.25, 0.3) is 33.3 Å². The molecular formula is C33H33FN6OS. The van der Waals surface area contributed by atoms with Gasteiger partial charge >= 0.3 is 0 Å². The molecule has 3 N–H and O–H groups in total. The summed E-state index contributed by atoms with van der Waals surface area (Å²) >= 11 is 1.91. The Labute approximate surface area is 247 Å². The van der Waals surface area contributed by atoms with Crippen molar-refractivity contribution in [2.75, 3.05) is 48.7 Å². The number of aromatic amines is 2. The van der Waals surface area contributed by atoms with Crippen LogP contribution in [0.2, 0.25) is 0 Å². The second-order valence-electron chi connectivity index (χ2n) is 11.8. The number of thioether (sulfide) groups is 1. The van der Waals surface area contributed by atoms with E-state index in [1.807, 2.05) is 48.2 Å². The van der Waals surface area contributed by atoms with Gasteiger partial charge in [-0.1, -0.05) is 42.5 Å². The third kappa shape index (κ3) is 4.55. The van der Waals surface area contributed by atoms with Crippen LogP contribution in [0.3, 0.4) is 0 Å². The highest BCUT2D eigenvalue weighted by molar-refractivity contribution is 7.99. The van der Waals surface area contributed by atoms with Crippen LogP contribution in [0.15, 0.2) is 71.5 Å². The molecule has 2 bridgehead atoms. The number of aromatic nitrogens is 3. The molecule has 1 unspecified atom stereocenters. The van der Waals surface area contributed by atoms with Crippen LogP contribution in [0.5, 0.6) is 0 Å². The van der Waals surface area contributed by atoms with Gasteiger partial charge in [0.15, 0.2) is 0 Å². The minimum Gasteiger partial charge on any atom is -0.379 e. The summed E-state index contributed by atoms with van der Waals surface area (Å²) in [5.74, 6) is 1.65. The first-order valence-corrected chi connectivity index (χ1v) is 15.9. The number of nitrogens with zero attached hydrogens (tertiary/aromatic N) is 3. The van der Waals surface area contributed by atoms with Gasteiger partial charge in [-0.25, -0.2) is 9.37 Å². The van der Waals surface area contributed by atoms with Crippen molar-refractivity contribution in [3.8, 4) is 11.4 Å². The zero-order chi connectivity index (χ0) is 28.2. The Hall–Kier alpha value is -3.82. The average Bonchev–Trinajstić information content (AvgIpc) is 3.46. The molecule has 0 amide bonds. The average molecular weight is 581 g/mol. The minimum atomic E-state index is -0.277. The topological polar surface area (TPSA) is 80.1 Å². The highest BCUT2D eigenvalue weighted by Gasteiger charge is 2.35. The molecule has 5 aromatic rings. The van der Waals surface area contributed by atoms with E-state index in [0.717, 1.165) is 55.8 Å². The molecule has 4 fully saturated rings. The largest absolute Gasteiger partial charge is 0.379 e. The summed E-state index contributed by atoms with van der Waals surface area (Å²) in [4.78, 5) is 29.7. The van der Waals surface area contributed by atoms with Gasteiger partial charge in [0.25, 0.3) is 5.56 Å². The molecule has 2 atom stereocenters. The van der Waals surface area contributed by atoms with Crippen LogP contribution in [0.4, 0.5) is 15.8 Å². The first-order valence-electron chi connectivity index (χ1n) is 14.9. The van der Waals surface area contributed by atoms with E-state index in [4.69, 9.17) is 4.98 Å². The minimum absolute atomic E-state index is 0.189. The standard InChI is InChI=1S/C33H33FN6OS/c34-23-16-22-26(17-28(23)40-14-15-42-29(19-40)21-6-2-1-3-7-21)38-33(41)30(32-36-24-8-4-5-9-25(24)37-32)31(22)35-27-18-39-12-10-20(27)11-13-39/h1-9,16-17,20,27,29H,10-15,18-19H2,(H,36,37)(H2,35,38,41)/t27-,29?/m0/s1. The van der Waals surface area contributed by atoms with Crippen LogP contribution in [-0.4, -0.2) is 64.4 Å². The number of para-hydroxylation sites is 2. The summed E-state index contributed by atoms with van der Waals surface area (Å²) in [6, 6.07) is 21.8.